The van der Waals surface area contributed by atoms with Crippen LogP contribution in [0.25, 0.3) is 0 Å². The Balaban J connectivity index is 1.92. The maximum atomic E-state index is 13.7. The minimum Gasteiger partial charge on any atom is -0.207 e. The first-order chi connectivity index (χ1) is 9.56. The van der Waals surface area contributed by atoms with Gasteiger partial charge in [0.15, 0.2) is 0 Å². The van der Waals surface area contributed by atoms with Crippen LogP contribution < -0.4 is 0 Å². The Labute approximate surface area is 129 Å². The van der Waals surface area contributed by atoms with E-state index in [2.05, 4.69) is 31.2 Å². The van der Waals surface area contributed by atoms with Crippen molar-refractivity contribution in [3.05, 3.63) is 70.0 Å². The zero-order chi connectivity index (χ0) is 14.5. The van der Waals surface area contributed by atoms with Gasteiger partial charge in [-0.1, -0.05) is 47.5 Å². The molecular formula is C17H17Cl2F. The van der Waals surface area contributed by atoms with Gasteiger partial charge in [-0.25, -0.2) is 4.39 Å². The molecule has 0 aromatic heterocycles. The van der Waals surface area contributed by atoms with E-state index in [1.165, 1.54) is 17.2 Å². The van der Waals surface area contributed by atoms with Crippen LogP contribution in [0, 0.1) is 12.7 Å². The third kappa shape index (κ3) is 4.22. The van der Waals surface area contributed by atoms with Crippen LogP contribution in [0.1, 0.15) is 23.1 Å². The van der Waals surface area contributed by atoms with Crippen molar-refractivity contribution in [3.8, 4) is 0 Å². The Morgan fingerprint density at radius 1 is 1.10 bits per heavy atom. The maximum Gasteiger partial charge on any atom is 0.127 e. The van der Waals surface area contributed by atoms with Crippen LogP contribution in [0.4, 0.5) is 4.39 Å². The lowest BCUT2D eigenvalue weighted by Gasteiger charge is -2.11. The average Bonchev–Trinajstić information content (AvgIpc) is 2.42. The standard InChI is InChI=1S/C17H17Cl2F/c1-12-5-7-13(8-6-12)9-10-14(18)11-15-16(19)3-2-4-17(15)20/h2-8,14H,9-11H2,1H3. The van der Waals surface area contributed by atoms with Crippen molar-refractivity contribution in [1.29, 1.82) is 0 Å². The van der Waals surface area contributed by atoms with E-state index in [1.807, 2.05) is 0 Å². The van der Waals surface area contributed by atoms with Crippen molar-refractivity contribution in [2.24, 2.45) is 0 Å². The summed E-state index contributed by atoms with van der Waals surface area (Å²) in [6, 6.07) is 13.1. The van der Waals surface area contributed by atoms with Crippen molar-refractivity contribution in [3.63, 3.8) is 0 Å². The topological polar surface area (TPSA) is 0 Å². The second-order valence-corrected chi connectivity index (χ2v) is 6.05. The van der Waals surface area contributed by atoms with Crippen LogP contribution >= 0.6 is 23.2 Å². The number of benzene rings is 2. The molecule has 0 saturated carbocycles. The van der Waals surface area contributed by atoms with Crippen molar-refractivity contribution in [1.82, 2.24) is 0 Å². The number of alkyl halides is 1. The van der Waals surface area contributed by atoms with Gasteiger partial charge in [-0.05, 0) is 43.9 Å². The van der Waals surface area contributed by atoms with Gasteiger partial charge < -0.3 is 0 Å². The van der Waals surface area contributed by atoms with E-state index >= 15 is 0 Å². The van der Waals surface area contributed by atoms with Crippen LogP contribution in [0.15, 0.2) is 42.5 Å². The smallest absolute Gasteiger partial charge is 0.127 e. The Morgan fingerprint density at radius 2 is 1.80 bits per heavy atom. The number of halogens is 3. The Kier molecular flexibility index (Phi) is 5.45. The van der Waals surface area contributed by atoms with E-state index in [0.29, 0.717) is 17.0 Å². The van der Waals surface area contributed by atoms with Gasteiger partial charge in [0.1, 0.15) is 5.82 Å². The molecule has 0 aliphatic rings. The summed E-state index contributed by atoms with van der Waals surface area (Å²) < 4.78 is 13.7. The molecule has 106 valence electrons. The molecule has 20 heavy (non-hydrogen) atoms. The molecule has 0 spiro atoms. The van der Waals surface area contributed by atoms with Gasteiger partial charge in [0, 0.05) is 16.0 Å². The van der Waals surface area contributed by atoms with Gasteiger partial charge in [0.05, 0.1) is 0 Å². The van der Waals surface area contributed by atoms with Crippen molar-refractivity contribution >= 4 is 23.2 Å². The molecular weight excluding hydrogens is 294 g/mol. The highest BCUT2D eigenvalue weighted by Gasteiger charge is 2.13. The summed E-state index contributed by atoms with van der Waals surface area (Å²) in [6.07, 6.45) is 2.15. The van der Waals surface area contributed by atoms with Crippen LogP contribution in [-0.2, 0) is 12.8 Å². The highest BCUT2D eigenvalue weighted by molar-refractivity contribution is 6.31. The highest BCUT2D eigenvalue weighted by Crippen LogP contribution is 2.23. The van der Waals surface area contributed by atoms with Crippen LogP contribution in [0.2, 0.25) is 5.02 Å². The molecule has 0 nitrogen and oxygen atoms in total. The summed E-state index contributed by atoms with van der Waals surface area (Å²) in [6.45, 7) is 2.06. The highest BCUT2D eigenvalue weighted by atomic mass is 35.5. The van der Waals surface area contributed by atoms with E-state index in [9.17, 15) is 4.39 Å². The summed E-state index contributed by atoms with van der Waals surface area (Å²) in [4.78, 5) is 0. The first kappa shape index (κ1) is 15.3. The monoisotopic (exact) mass is 310 g/mol. The molecule has 0 amide bonds. The molecule has 0 fully saturated rings. The van der Waals surface area contributed by atoms with E-state index in [-0.39, 0.29) is 11.2 Å². The average molecular weight is 311 g/mol. The second kappa shape index (κ2) is 7.10. The summed E-state index contributed by atoms with van der Waals surface area (Å²) in [5, 5.41) is 0.330. The van der Waals surface area contributed by atoms with Crippen molar-refractivity contribution < 1.29 is 4.39 Å². The fraction of sp³-hybridized carbons (Fsp3) is 0.294. The second-order valence-electron chi connectivity index (χ2n) is 5.03. The van der Waals surface area contributed by atoms with Gasteiger partial charge >= 0.3 is 0 Å². The predicted octanol–water partition coefficient (Wildman–Crippen LogP) is 5.57. The molecule has 0 aliphatic carbocycles. The molecule has 2 aromatic carbocycles. The summed E-state index contributed by atoms with van der Waals surface area (Å²) in [5.41, 5.74) is 3.01. The van der Waals surface area contributed by atoms with E-state index in [0.717, 1.165) is 12.8 Å². The summed E-state index contributed by atoms with van der Waals surface area (Å²) in [5.74, 6) is -0.279. The molecule has 0 radical (unpaired) electrons. The third-order valence-electron chi connectivity index (χ3n) is 3.35. The van der Waals surface area contributed by atoms with Crippen LogP contribution in [-0.4, -0.2) is 5.38 Å². The van der Waals surface area contributed by atoms with E-state index in [4.69, 9.17) is 23.2 Å². The lowest BCUT2D eigenvalue weighted by Crippen LogP contribution is -2.07. The molecule has 0 aliphatic heterocycles. The first-order valence-electron chi connectivity index (χ1n) is 6.69. The SMILES string of the molecule is Cc1ccc(CCC(Cl)Cc2c(F)cccc2Cl)cc1. The molecule has 2 aromatic rings. The zero-order valence-electron chi connectivity index (χ0n) is 11.4. The lowest BCUT2D eigenvalue weighted by atomic mass is 10.0. The fourth-order valence-corrected chi connectivity index (χ4v) is 2.63. The Morgan fingerprint density at radius 3 is 2.45 bits per heavy atom. The van der Waals surface area contributed by atoms with Gasteiger partial charge in [-0.3, -0.25) is 0 Å². The van der Waals surface area contributed by atoms with E-state index < -0.39 is 0 Å². The molecule has 0 bridgehead atoms. The quantitative estimate of drug-likeness (QED) is 0.633. The molecule has 1 atom stereocenters. The Hall–Kier alpha value is -1.05. The maximum absolute atomic E-state index is 13.7. The number of rotatable bonds is 5. The van der Waals surface area contributed by atoms with Crippen molar-refractivity contribution in [2.75, 3.05) is 0 Å². The molecule has 0 saturated heterocycles. The lowest BCUT2D eigenvalue weighted by molar-refractivity contribution is 0.601. The summed E-state index contributed by atoms with van der Waals surface area (Å²) in [7, 11) is 0. The van der Waals surface area contributed by atoms with Gasteiger partial charge in [0.2, 0.25) is 0 Å². The predicted molar refractivity (Wildman–Crippen MR) is 84.3 cm³/mol. The normalized spacial score (nSPS) is 12.4. The minimum atomic E-state index is -0.279. The molecule has 0 heterocycles. The minimum absolute atomic E-state index is 0.120. The molecule has 3 heteroatoms. The van der Waals surface area contributed by atoms with Gasteiger partial charge in [-0.2, -0.15) is 0 Å². The zero-order valence-corrected chi connectivity index (χ0v) is 12.9. The van der Waals surface area contributed by atoms with Crippen LogP contribution in [0.3, 0.4) is 0 Å². The van der Waals surface area contributed by atoms with Crippen molar-refractivity contribution in [2.45, 2.75) is 31.6 Å². The number of aryl methyl sites for hydroxylation is 2. The van der Waals surface area contributed by atoms with Crippen LogP contribution in [0.5, 0.6) is 0 Å². The largest absolute Gasteiger partial charge is 0.207 e. The Bertz CT molecular complexity index is 543. The first-order valence-corrected chi connectivity index (χ1v) is 7.50. The van der Waals surface area contributed by atoms with E-state index in [1.54, 1.807) is 12.1 Å². The van der Waals surface area contributed by atoms with Gasteiger partial charge in [0.25, 0.3) is 0 Å². The fourth-order valence-electron chi connectivity index (χ4n) is 2.13. The summed E-state index contributed by atoms with van der Waals surface area (Å²) >= 11 is 12.3. The molecule has 1 unspecified atom stereocenters. The third-order valence-corrected chi connectivity index (χ3v) is 4.08. The number of hydrogen-bond donors (Lipinski definition) is 0. The molecule has 2 rings (SSSR count). The molecule has 0 N–H and O–H groups in total. The number of hydrogen-bond acceptors (Lipinski definition) is 0. The van der Waals surface area contributed by atoms with Gasteiger partial charge in [-0.15, -0.1) is 11.6 Å².